The first-order chi connectivity index (χ1) is 17.6. The summed E-state index contributed by atoms with van der Waals surface area (Å²) in [5.41, 5.74) is 6.24. The highest BCUT2D eigenvalue weighted by Crippen LogP contribution is 2.44. The van der Waals surface area contributed by atoms with E-state index in [1.54, 1.807) is 6.20 Å². The van der Waals surface area contributed by atoms with E-state index in [0.717, 1.165) is 58.6 Å². The minimum Gasteiger partial charge on any atom is -0.474 e. The van der Waals surface area contributed by atoms with Crippen LogP contribution in [0.25, 0.3) is 22.4 Å². The summed E-state index contributed by atoms with van der Waals surface area (Å²) in [5.74, 6) is 0.590. The minimum absolute atomic E-state index is 0.497. The van der Waals surface area contributed by atoms with Crippen molar-refractivity contribution in [3.63, 3.8) is 0 Å². The maximum Gasteiger partial charge on any atom is 0.405 e. The SMILES string of the molecule is O=C(O)NC1(c2ccc(-c3nc4c(cc3-c3ccccc3)N(c3cccnc3)CCO4)cc2)CCC1. The molecular weight excluding hydrogens is 452 g/mol. The van der Waals surface area contributed by atoms with Crippen molar-refractivity contribution in [3.8, 4) is 28.3 Å². The lowest BCUT2D eigenvalue weighted by Crippen LogP contribution is -2.50. The van der Waals surface area contributed by atoms with Crippen molar-refractivity contribution in [2.45, 2.75) is 24.8 Å². The molecule has 180 valence electrons. The Bertz CT molecular complexity index is 1390. The first-order valence-electron chi connectivity index (χ1n) is 12.2. The van der Waals surface area contributed by atoms with Crippen LogP contribution in [0, 0.1) is 0 Å². The van der Waals surface area contributed by atoms with Crippen LogP contribution in [0.3, 0.4) is 0 Å². The average molecular weight is 479 g/mol. The molecule has 1 amide bonds. The third-order valence-electron chi connectivity index (χ3n) is 7.12. The Kier molecular flexibility index (Phi) is 5.52. The fourth-order valence-electron chi connectivity index (χ4n) is 5.15. The third-order valence-corrected chi connectivity index (χ3v) is 7.12. The summed E-state index contributed by atoms with van der Waals surface area (Å²) in [7, 11) is 0. The van der Waals surface area contributed by atoms with Gasteiger partial charge in [-0.3, -0.25) is 4.98 Å². The summed E-state index contributed by atoms with van der Waals surface area (Å²) >= 11 is 0. The Balaban J connectivity index is 1.45. The second kappa shape index (κ2) is 9.00. The maximum absolute atomic E-state index is 11.4. The Hall–Kier alpha value is -4.39. The van der Waals surface area contributed by atoms with Gasteiger partial charge in [0.2, 0.25) is 5.88 Å². The van der Waals surface area contributed by atoms with E-state index in [-0.39, 0.29) is 0 Å². The second-order valence-corrected chi connectivity index (χ2v) is 9.23. The molecule has 1 saturated carbocycles. The van der Waals surface area contributed by atoms with Gasteiger partial charge < -0.3 is 20.1 Å². The van der Waals surface area contributed by atoms with Crippen LogP contribution in [0.2, 0.25) is 0 Å². The highest BCUT2D eigenvalue weighted by atomic mass is 16.5. The molecule has 3 heterocycles. The van der Waals surface area contributed by atoms with E-state index in [0.29, 0.717) is 19.0 Å². The highest BCUT2D eigenvalue weighted by Gasteiger charge is 2.40. The molecule has 7 nitrogen and oxygen atoms in total. The molecule has 7 heteroatoms. The number of carbonyl (C=O) groups is 1. The molecule has 2 N–H and O–H groups in total. The van der Waals surface area contributed by atoms with Gasteiger partial charge in [-0.15, -0.1) is 0 Å². The second-order valence-electron chi connectivity index (χ2n) is 9.23. The Morgan fingerprint density at radius 2 is 1.81 bits per heavy atom. The molecule has 6 rings (SSSR count). The zero-order valence-corrected chi connectivity index (χ0v) is 19.7. The topological polar surface area (TPSA) is 87.6 Å². The monoisotopic (exact) mass is 478 g/mol. The van der Waals surface area contributed by atoms with E-state index in [4.69, 9.17) is 9.72 Å². The van der Waals surface area contributed by atoms with Crippen molar-refractivity contribution in [1.82, 2.24) is 15.3 Å². The van der Waals surface area contributed by atoms with Crippen molar-refractivity contribution in [3.05, 3.63) is 90.8 Å². The van der Waals surface area contributed by atoms with E-state index >= 15 is 0 Å². The van der Waals surface area contributed by atoms with E-state index < -0.39 is 11.6 Å². The number of hydrogen-bond donors (Lipinski definition) is 2. The van der Waals surface area contributed by atoms with Gasteiger partial charge in [-0.2, -0.15) is 0 Å². The number of anilines is 2. The van der Waals surface area contributed by atoms with Crippen LogP contribution in [0.5, 0.6) is 5.88 Å². The van der Waals surface area contributed by atoms with Crippen LogP contribution in [-0.4, -0.2) is 34.3 Å². The van der Waals surface area contributed by atoms with Gasteiger partial charge in [0.15, 0.2) is 0 Å². The van der Waals surface area contributed by atoms with Crippen molar-refractivity contribution in [2.24, 2.45) is 0 Å². The number of nitrogens with one attached hydrogen (secondary N) is 1. The van der Waals surface area contributed by atoms with Gasteiger partial charge in [-0.25, -0.2) is 9.78 Å². The molecule has 0 bridgehead atoms. The van der Waals surface area contributed by atoms with E-state index in [1.807, 2.05) is 60.8 Å². The predicted octanol–water partition coefficient (Wildman–Crippen LogP) is 5.99. The zero-order chi connectivity index (χ0) is 24.5. The molecule has 0 unspecified atom stereocenters. The summed E-state index contributed by atoms with van der Waals surface area (Å²) in [6.07, 6.45) is 5.26. The van der Waals surface area contributed by atoms with Crippen molar-refractivity contribution < 1.29 is 14.6 Å². The van der Waals surface area contributed by atoms with Gasteiger partial charge in [0, 0.05) is 17.3 Å². The molecule has 1 fully saturated rings. The van der Waals surface area contributed by atoms with Gasteiger partial charge in [-0.05, 0) is 48.6 Å². The number of fused-ring (bicyclic) bond motifs is 1. The van der Waals surface area contributed by atoms with Crippen LogP contribution in [-0.2, 0) is 5.54 Å². The van der Waals surface area contributed by atoms with E-state index in [9.17, 15) is 9.90 Å². The number of aromatic nitrogens is 2. The Morgan fingerprint density at radius 1 is 1.00 bits per heavy atom. The third kappa shape index (κ3) is 3.92. The molecule has 0 atom stereocenters. The van der Waals surface area contributed by atoms with Gasteiger partial charge in [0.05, 0.1) is 29.7 Å². The highest BCUT2D eigenvalue weighted by molar-refractivity contribution is 5.86. The van der Waals surface area contributed by atoms with Crippen LogP contribution in [0.1, 0.15) is 24.8 Å². The maximum atomic E-state index is 11.4. The molecule has 0 spiro atoms. The first kappa shape index (κ1) is 22.1. The lowest BCUT2D eigenvalue weighted by atomic mass is 9.71. The number of carboxylic acid groups (broad SMARTS) is 1. The Morgan fingerprint density at radius 3 is 2.47 bits per heavy atom. The smallest absolute Gasteiger partial charge is 0.405 e. The lowest BCUT2D eigenvalue weighted by molar-refractivity contribution is 0.144. The number of rotatable bonds is 5. The van der Waals surface area contributed by atoms with E-state index in [1.165, 1.54) is 0 Å². The summed E-state index contributed by atoms with van der Waals surface area (Å²) in [4.78, 5) is 22.9. The van der Waals surface area contributed by atoms with Crippen LogP contribution in [0.15, 0.2) is 85.2 Å². The van der Waals surface area contributed by atoms with Gasteiger partial charge in [0.1, 0.15) is 12.3 Å². The minimum atomic E-state index is -0.989. The van der Waals surface area contributed by atoms with Crippen LogP contribution < -0.4 is 15.0 Å². The Labute approximate surface area is 209 Å². The van der Waals surface area contributed by atoms with Crippen LogP contribution in [0.4, 0.5) is 16.2 Å². The molecule has 0 saturated heterocycles. The summed E-state index contributed by atoms with van der Waals surface area (Å²) in [5, 5.41) is 12.1. The zero-order valence-electron chi connectivity index (χ0n) is 19.7. The largest absolute Gasteiger partial charge is 0.474 e. The standard InChI is InChI=1S/C29H26N4O3/c34-28(35)32-29(13-5-14-29)22-11-9-21(10-12-22)26-24(20-6-2-1-3-7-20)18-25-27(31-26)36-17-16-33(25)23-8-4-15-30-19-23/h1-4,6-12,15,18-19,32H,5,13-14,16-17H2,(H,34,35). The molecule has 0 radical (unpaired) electrons. The normalized spacial score (nSPS) is 15.8. The summed E-state index contributed by atoms with van der Waals surface area (Å²) in [6.45, 7) is 1.24. The summed E-state index contributed by atoms with van der Waals surface area (Å²) in [6, 6.07) is 24.4. The van der Waals surface area contributed by atoms with Gasteiger partial charge in [0.25, 0.3) is 0 Å². The first-order valence-corrected chi connectivity index (χ1v) is 12.2. The molecular formula is C29H26N4O3. The number of amides is 1. The molecule has 36 heavy (non-hydrogen) atoms. The predicted molar refractivity (Wildman–Crippen MR) is 139 cm³/mol. The average Bonchev–Trinajstić information content (AvgIpc) is 2.91. The molecule has 2 aromatic carbocycles. The number of benzene rings is 2. The fourth-order valence-corrected chi connectivity index (χ4v) is 5.15. The van der Waals surface area contributed by atoms with Crippen molar-refractivity contribution >= 4 is 17.5 Å². The number of nitrogens with zero attached hydrogens (tertiary/aromatic N) is 3. The number of hydrogen-bond acceptors (Lipinski definition) is 5. The van der Waals surface area contributed by atoms with Gasteiger partial charge >= 0.3 is 6.09 Å². The lowest BCUT2D eigenvalue weighted by Gasteiger charge is -2.42. The molecule has 2 aliphatic rings. The van der Waals surface area contributed by atoms with Gasteiger partial charge in [-0.1, -0.05) is 54.6 Å². The molecule has 1 aliphatic carbocycles. The van der Waals surface area contributed by atoms with Crippen molar-refractivity contribution in [2.75, 3.05) is 18.1 Å². The molecule has 1 aliphatic heterocycles. The fraction of sp³-hybridized carbons (Fsp3) is 0.207. The quantitative estimate of drug-likeness (QED) is 0.366. The summed E-state index contributed by atoms with van der Waals surface area (Å²) < 4.78 is 6.03. The molecule has 2 aromatic heterocycles. The number of pyridine rings is 2. The number of ether oxygens (including phenoxy) is 1. The molecule has 4 aromatic rings. The van der Waals surface area contributed by atoms with Crippen molar-refractivity contribution in [1.29, 1.82) is 0 Å². The van der Waals surface area contributed by atoms with E-state index in [2.05, 4.69) is 33.4 Å². The van der Waals surface area contributed by atoms with Crippen LogP contribution >= 0.6 is 0 Å².